The Morgan fingerprint density at radius 3 is 2.86 bits per heavy atom. The second kappa shape index (κ2) is 3.67. The number of aryl methyl sites for hydroxylation is 1. The zero-order valence-corrected chi connectivity index (χ0v) is 10.1. The van der Waals surface area contributed by atoms with Crippen molar-refractivity contribution in [1.29, 1.82) is 0 Å². The van der Waals surface area contributed by atoms with Crippen LogP contribution in [0.15, 0.2) is 6.07 Å². The lowest BCUT2D eigenvalue weighted by Crippen LogP contribution is -2.11. The fourth-order valence-electron chi connectivity index (χ4n) is 1.80. The van der Waals surface area contributed by atoms with Gasteiger partial charge in [0.2, 0.25) is 0 Å². The van der Waals surface area contributed by atoms with Gasteiger partial charge in [-0.25, -0.2) is 0 Å². The smallest absolute Gasteiger partial charge is 0.0302 e. The average molecular weight is 209 g/mol. The highest BCUT2D eigenvalue weighted by Gasteiger charge is 2.19. The first-order valence-electron chi connectivity index (χ1n) is 5.40. The van der Waals surface area contributed by atoms with Crippen molar-refractivity contribution in [2.45, 2.75) is 45.6 Å². The highest BCUT2D eigenvalue weighted by atomic mass is 32.1. The number of thiophene rings is 1. The topological polar surface area (TPSA) is 12.0 Å². The molecule has 0 radical (unpaired) electrons. The third-order valence-electron chi connectivity index (χ3n) is 2.72. The van der Waals surface area contributed by atoms with Crippen LogP contribution in [0.5, 0.6) is 0 Å². The van der Waals surface area contributed by atoms with E-state index in [0.717, 1.165) is 6.54 Å². The van der Waals surface area contributed by atoms with E-state index < -0.39 is 0 Å². The SMILES string of the molecule is CC(C)(C)c1cc2c(s1)CNCCC2. The Balaban J connectivity index is 2.31. The van der Waals surface area contributed by atoms with Crippen LogP contribution >= 0.6 is 11.3 Å². The molecular formula is C12H19NS. The van der Waals surface area contributed by atoms with Gasteiger partial charge >= 0.3 is 0 Å². The Bertz CT molecular complexity index is 296. The summed E-state index contributed by atoms with van der Waals surface area (Å²) in [5.41, 5.74) is 1.90. The zero-order valence-electron chi connectivity index (χ0n) is 9.31. The molecule has 0 spiro atoms. The van der Waals surface area contributed by atoms with Crippen LogP contribution < -0.4 is 5.32 Å². The Kier molecular flexibility index (Phi) is 2.67. The van der Waals surface area contributed by atoms with Gasteiger partial charge in [-0.05, 0) is 36.4 Å². The van der Waals surface area contributed by atoms with E-state index in [0.29, 0.717) is 5.41 Å². The van der Waals surface area contributed by atoms with Crippen LogP contribution in [0, 0.1) is 0 Å². The maximum atomic E-state index is 3.48. The molecule has 1 aromatic heterocycles. The molecule has 2 rings (SSSR count). The van der Waals surface area contributed by atoms with Crippen LogP contribution in [-0.4, -0.2) is 6.54 Å². The summed E-state index contributed by atoms with van der Waals surface area (Å²) in [6, 6.07) is 2.42. The van der Waals surface area contributed by atoms with E-state index in [9.17, 15) is 0 Å². The van der Waals surface area contributed by atoms with Gasteiger partial charge in [-0.1, -0.05) is 20.8 Å². The first-order chi connectivity index (χ1) is 6.57. The first-order valence-corrected chi connectivity index (χ1v) is 6.22. The third-order valence-corrected chi connectivity index (χ3v) is 4.32. The van der Waals surface area contributed by atoms with Crippen LogP contribution in [0.25, 0.3) is 0 Å². The number of fused-ring (bicyclic) bond motifs is 1. The van der Waals surface area contributed by atoms with Gasteiger partial charge in [-0.3, -0.25) is 0 Å². The van der Waals surface area contributed by atoms with Crippen molar-refractivity contribution in [2.75, 3.05) is 6.54 Å². The minimum Gasteiger partial charge on any atom is -0.312 e. The highest BCUT2D eigenvalue weighted by molar-refractivity contribution is 7.12. The first kappa shape index (κ1) is 10.2. The van der Waals surface area contributed by atoms with Crippen molar-refractivity contribution in [3.8, 4) is 0 Å². The average Bonchev–Trinajstić information content (AvgIpc) is 2.38. The summed E-state index contributed by atoms with van der Waals surface area (Å²) in [6.45, 7) is 9.14. The zero-order chi connectivity index (χ0) is 10.2. The molecule has 1 N–H and O–H groups in total. The minimum absolute atomic E-state index is 0.316. The molecule has 0 bridgehead atoms. The molecule has 78 valence electrons. The van der Waals surface area contributed by atoms with E-state index >= 15 is 0 Å². The van der Waals surface area contributed by atoms with E-state index in [1.807, 2.05) is 11.3 Å². The van der Waals surface area contributed by atoms with Gasteiger partial charge in [0.1, 0.15) is 0 Å². The van der Waals surface area contributed by atoms with Gasteiger partial charge < -0.3 is 5.32 Å². The summed E-state index contributed by atoms with van der Waals surface area (Å²) in [7, 11) is 0. The quantitative estimate of drug-likeness (QED) is 0.692. The molecule has 0 fully saturated rings. The number of hydrogen-bond acceptors (Lipinski definition) is 2. The molecule has 2 heteroatoms. The molecule has 0 saturated carbocycles. The number of nitrogens with one attached hydrogen (secondary N) is 1. The molecule has 0 saturated heterocycles. The van der Waals surface area contributed by atoms with Crippen molar-refractivity contribution in [3.05, 3.63) is 21.4 Å². The summed E-state index contributed by atoms with van der Waals surface area (Å²) in [5.74, 6) is 0. The molecule has 0 aliphatic carbocycles. The molecule has 2 heterocycles. The predicted octanol–water partition coefficient (Wildman–Crippen LogP) is 3.08. The fraction of sp³-hybridized carbons (Fsp3) is 0.667. The maximum absolute atomic E-state index is 3.48. The summed E-state index contributed by atoms with van der Waals surface area (Å²) >= 11 is 1.99. The Hall–Kier alpha value is -0.340. The molecule has 1 aliphatic heterocycles. The van der Waals surface area contributed by atoms with Crippen molar-refractivity contribution < 1.29 is 0 Å². The van der Waals surface area contributed by atoms with Gasteiger partial charge in [0.05, 0.1) is 0 Å². The molecular weight excluding hydrogens is 190 g/mol. The Morgan fingerprint density at radius 2 is 2.14 bits per heavy atom. The van der Waals surface area contributed by atoms with Gasteiger partial charge in [-0.15, -0.1) is 11.3 Å². The molecule has 0 amide bonds. The van der Waals surface area contributed by atoms with Crippen LogP contribution in [0.1, 0.15) is 42.5 Å². The van der Waals surface area contributed by atoms with E-state index in [1.54, 1.807) is 10.4 Å². The molecule has 1 aromatic rings. The van der Waals surface area contributed by atoms with Crippen molar-refractivity contribution in [2.24, 2.45) is 0 Å². The van der Waals surface area contributed by atoms with Crippen LogP contribution in [0.4, 0.5) is 0 Å². The largest absolute Gasteiger partial charge is 0.312 e. The molecule has 0 aromatic carbocycles. The molecule has 14 heavy (non-hydrogen) atoms. The maximum Gasteiger partial charge on any atom is 0.0302 e. The van der Waals surface area contributed by atoms with Crippen molar-refractivity contribution in [1.82, 2.24) is 5.32 Å². The van der Waals surface area contributed by atoms with E-state index in [2.05, 4.69) is 32.2 Å². The highest BCUT2D eigenvalue weighted by Crippen LogP contribution is 2.33. The lowest BCUT2D eigenvalue weighted by atomic mass is 9.94. The van der Waals surface area contributed by atoms with Gasteiger partial charge in [0.25, 0.3) is 0 Å². The summed E-state index contributed by atoms with van der Waals surface area (Å²) in [4.78, 5) is 3.10. The fourth-order valence-corrected chi connectivity index (χ4v) is 3.04. The van der Waals surface area contributed by atoms with Gasteiger partial charge in [0.15, 0.2) is 0 Å². The van der Waals surface area contributed by atoms with Gasteiger partial charge in [-0.2, -0.15) is 0 Å². The second-order valence-electron chi connectivity index (χ2n) is 5.09. The van der Waals surface area contributed by atoms with E-state index in [1.165, 1.54) is 24.3 Å². The third kappa shape index (κ3) is 2.01. The molecule has 1 aliphatic rings. The summed E-state index contributed by atoms with van der Waals surface area (Å²) in [6.07, 6.45) is 2.54. The molecule has 0 atom stereocenters. The predicted molar refractivity (Wildman–Crippen MR) is 63.0 cm³/mol. The van der Waals surface area contributed by atoms with E-state index in [-0.39, 0.29) is 0 Å². The summed E-state index contributed by atoms with van der Waals surface area (Å²) < 4.78 is 0. The molecule has 0 unspecified atom stereocenters. The van der Waals surface area contributed by atoms with Crippen LogP contribution in [-0.2, 0) is 18.4 Å². The number of hydrogen-bond donors (Lipinski definition) is 1. The Labute approximate surface area is 90.5 Å². The molecule has 1 nitrogen and oxygen atoms in total. The number of rotatable bonds is 0. The Morgan fingerprint density at radius 1 is 1.36 bits per heavy atom. The second-order valence-corrected chi connectivity index (χ2v) is 6.23. The van der Waals surface area contributed by atoms with Crippen LogP contribution in [0.2, 0.25) is 0 Å². The van der Waals surface area contributed by atoms with Gasteiger partial charge in [0, 0.05) is 16.3 Å². The lowest BCUT2D eigenvalue weighted by Gasteiger charge is -2.15. The standard InChI is InChI=1S/C12H19NS/c1-12(2,3)11-7-9-5-4-6-13-8-10(9)14-11/h7,13H,4-6,8H2,1-3H3. The lowest BCUT2D eigenvalue weighted by molar-refractivity contribution is 0.603. The monoisotopic (exact) mass is 209 g/mol. The van der Waals surface area contributed by atoms with Crippen LogP contribution in [0.3, 0.4) is 0 Å². The summed E-state index contributed by atoms with van der Waals surface area (Å²) in [5, 5.41) is 3.48. The van der Waals surface area contributed by atoms with Crippen molar-refractivity contribution >= 4 is 11.3 Å². The van der Waals surface area contributed by atoms with E-state index in [4.69, 9.17) is 0 Å². The van der Waals surface area contributed by atoms with Crippen molar-refractivity contribution in [3.63, 3.8) is 0 Å². The normalized spacial score (nSPS) is 17.6. The minimum atomic E-state index is 0.316.